The van der Waals surface area contributed by atoms with E-state index < -0.39 is 11.9 Å². The predicted molar refractivity (Wildman–Crippen MR) is 61.8 cm³/mol. The number of nitrogens with one attached hydrogen (secondary N) is 1. The van der Waals surface area contributed by atoms with E-state index in [0.717, 1.165) is 6.42 Å². The molecule has 7 heteroatoms. The Kier molecular flexibility index (Phi) is 2.99. The molecule has 1 aliphatic rings. The van der Waals surface area contributed by atoms with E-state index in [9.17, 15) is 9.59 Å². The molecule has 2 rings (SSSR count). The molecule has 0 spiro atoms. The van der Waals surface area contributed by atoms with Crippen LogP contribution in [-0.4, -0.2) is 34.1 Å². The van der Waals surface area contributed by atoms with Crippen molar-refractivity contribution in [2.75, 3.05) is 23.7 Å². The second kappa shape index (κ2) is 4.44. The number of nitrogen functional groups attached to an aromatic ring is 1. The van der Waals surface area contributed by atoms with Gasteiger partial charge in [-0.2, -0.15) is 4.98 Å². The van der Waals surface area contributed by atoms with Crippen molar-refractivity contribution in [2.45, 2.75) is 12.8 Å². The van der Waals surface area contributed by atoms with Crippen LogP contribution in [0.4, 0.5) is 11.8 Å². The van der Waals surface area contributed by atoms with Crippen LogP contribution in [0.25, 0.3) is 0 Å². The van der Waals surface area contributed by atoms with E-state index >= 15 is 0 Å². The number of nitrogens with two attached hydrogens (primary N) is 1. The van der Waals surface area contributed by atoms with Crippen LogP contribution in [0.1, 0.15) is 12.8 Å². The Bertz CT molecular complexity index is 485. The lowest BCUT2D eigenvalue weighted by Gasteiger charge is -2.31. The molecule has 0 aliphatic carbocycles. The average molecular weight is 238 g/mol. The van der Waals surface area contributed by atoms with E-state index in [0.29, 0.717) is 25.3 Å². The summed E-state index contributed by atoms with van der Waals surface area (Å²) >= 11 is 0. The lowest BCUT2D eigenvalue weighted by molar-refractivity contribution is -0.141. The summed E-state index contributed by atoms with van der Waals surface area (Å²) in [6, 6.07) is 1.33. The summed E-state index contributed by atoms with van der Waals surface area (Å²) < 4.78 is 0. The molecule has 1 fully saturated rings. The fourth-order valence-electron chi connectivity index (χ4n) is 2.01. The van der Waals surface area contributed by atoms with Gasteiger partial charge in [0.2, 0.25) is 5.95 Å². The van der Waals surface area contributed by atoms with Crippen molar-refractivity contribution < 1.29 is 9.90 Å². The highest BCUT2D eigenvalue weighted by Crippen LogP contribution is 2.21. The van der Waals surface area contributed by atoms with Crippen LogP contribution >= 0.6 is 0 Å². The van der Waals surface area contributed by atoms with Gasteiger partial charge in [-0.15, -0.1) is 0 Å². The first-order valence-electron chi connectivity index (χ1n) is 5.41. The van der Waals surface area contributed by atoms with Gasteiger partial charge in [0.05, 0.1) is 5.92 Å². The Morgan fingerprint density at radius 3 is 3.06 bits per heavy atom. The molecule has 17 heavy (non-hydrogen) atoms. The molecule has 1 unspecified atom stereocenters. The second-order valence-corrected chi connectivity index (χ2v) is 4.11. The predicted octanol–water partition coefficient (Wildman–Crippen LogP) is -0.347. The van der Waals surface area contributed by atoms with E-state index in [4.69, 9.17) is 10.8 Å². The number of aliphatic carboxylic acids is 1. The molecule has 2 heterocycles. The minimum atomic E-state index is -0.812. The molecule has 0 aromatic carbocycles. The highest BCUT2D eigenvalue weighted by molar-refractivity contribution is 5.71. The zero-order valence-corrected chi connectivity index (χ0v) is 9.22. The highest BCUT2D eigenvalue weighted by atomic mass is 16.4. The number of carboxylic acids is 1. The Morgan fingerprint density at radius 2 is 2.41 bits per heavy atom. The van der Waals surface area contributed by atoms with Gasteiger partial charge in [0.25, 0.3) is 5.56 Å². The van der Waals surface area contributed by atoms with Gasteiger partial charge in [0.1, 0.15) is 5.82 Å². The van der Waals surface area contributed by atoms with Crippen LogP contribution in [0.3, 0.4) is 0 Å². The number of H-pyrrole nitrogens is 1. The van der Waals surface area contributed by atoms with Crippen molar-refractivity contribution in [1.29, 1.82) is 0 Å². The summed E-state index contributed by atoms with van der Waals surface area (Å²) in [5.74, 6) is -0.735. The standard InChI is InChI=1S/C10H14N4O3/c11-10-12-7(4-8(15)13-10)14-3-1-2-6(5-14)9(16)17/h4,6H,1-3,5H2,(H,16,17)(H3,11,12,13,15). The van der Waals surface area contributed by atoms with Gasteiger partial charge in [-0.25, -0.2) is 0 Å². The third-order valence-corrected chi connectivity index (χ3v) is 2.84. The van der Waals surface area contributed by atoms with Crippen LogP contribution in [0, 0.1) is 5.92 Å². The van der Waals surface area contributed by atoms with Crippen molar-refractivity contribution in [3.8, 4) is 0 Å². The summed E-state index contributed by atoms with van der Waals surface area (Å²) in [6.45, 7) is 1.06. The van der Waals surface area contributed by atoms with Crippen LogP contribution in [0.15, 0.2) is 10.9 Å². The molecule has 1 aliphatic heterocycles. The van der Waals surface area contributed by atoms with Crippen molar-refractivity contribution in [1.82, 2.24) is 9.97 Å². The molecule has 4 N–H and O–H groups in total. The van der Waals surface area contributed by atoms with Crippen molar-refractivity contribution in [2.24, 2.45) is 5.92 Å². The molecule has 0 saturated carbocycles. The quantitative estimate of drug-likeness (QED) is 0.649. The van der Waals surface area contributed by atoms with E-state index in [1.165, 1.54) is 6.07 Å². The third kappa shape index (κ3) is 2.55. The molecule has 1 aromatic rings. The van der Waals surface area contributed by atoms with Gasteiger partial charge < -0.3 is 15.7 Å². The Morgan fingerprint density at radius 1 is 1.65 bits per heavy atom. The van der Waals surface area contributed by atoms with E-state index in [-0.39, 0.29) is 11.5 Å². The van der Waals surface area contributed by atoms with Gasteiger partial charge in [-0.3, -0.25) is 14.6 Å². The zero-order valence-electron chi connectivity index (χ0n) is 9.22. The third-order valence-electron chi connectivity index (χ3n) is 2.84. The average Bonchev–Trinajstić information content (AvgIpc) is 2.28. The minimum absolute atomic E-state index is 0.0462. The summed E-state index contributed by atoms with van der Waals surface area (Å²) in [7, 11) is 0. The van der Waals surface area contributed by atoms with E-state index in [1.807, 2.05) is 0 Å². The Labute approximate surface area is 97.3 Å². The molecule has 0 amide bonds. The SMILES string of the molecule is Nc1nc(N2CCCC(C(=O)O)C2)cc(=O)[nH]1. The maximum absolute atomic E-state index is 11.3. The van der Waals surface area contributed by atoms with Crippen LogP contribution in [-0.2, 0) is 4.79 Å². The fourth-order valence-corrected chi connectivity index (χ4v) is 2.01. The van der Waals surface area contributed by atoms with Crippen molar-refractivity contribution in [3.63, 3.8) is 0 Å². The number of carboxylic acid groups (broad SMARTS) is 1. The lowest BCUT2D eigenvalue weighted by atomic mass is 9.98. The molecule has 1 saturated heterocycles. The second-order valence-electron chi connectivity index (χ2n) is 4.11. The van der Waals surface area contributed by atoms with E-state index in [2.05, 4.69) is 9.97 Å². The molecule has 0 bridgehead atoms. The number of rotatable bonds is 2. The molecule has 1 atom stereocenters. The number of carbonyl (C=O) groups is 1. The number of hydrogen-bond donors (Lipinski definition) is 3. The molecule has 7 nitrogen and oxygen atoms in total. The molecule has 1 aromatic heterocycles. The topological polar surface area (TPSA) is 112 Å². The summed E-state index contributed by atoms with van der Waals surface area (Å²) in [5.41, 5.74) is 5.12. The van der Waals surface area contributed by atoms with Crippen LogP contribution < -0.4 is 16.2 Å². The first-order valence-corrected chi connectivity index (χ1v) is 5.41. The van der Waals surface area contributed by atoms with Crippen molar-refractivity contribution >= 4 is 17.7 Å². The van der Waals surface area contributed by atoms with Gasteiger partial charge >= 0.3 is 5.97 Å². The minimum Gasteiger partial charge on any atom is -0.481 e. The summed E-state index contributed by atoms with van der Waals surface area (Å²) in [6.07, 6.45) is 1.43. The maximum Gasteiger partial charge on any atom is 0.308 e. The Hall–Kier alpha value is -2.05. The first kappa shape index (κ1) is 11.4. The van der Waals surface area contributed by atoms with Gasteiger partial charge in [0, 0.05) is 19.2 Å². The number of aromatic nitrogens is 2. The molecular weight excluding hydrogens is 224 g/mol. The number of nitrogens with zero attached hydrogens (tertiary/aromatic N) is 2. The number of aromatic amines is 1. The first-order chi connectivity index (χ1) is 8.06. The highest BCUT2D eigenvalue weighted by Gasteiger charge is 2.26. The number of piperidine rings is 1. The molecule has 92 valence electrons. The monoisotopic (exact) mass is 238 g/mol. The zero-order chi connectivity index (χ0) is 12.4. The maximum atomic E-state index is 11.3. The number of hydrogen-bond acceptors (Lipinski definition) is 5. The molecule has 0 radical (unpaired) electrons. The van der Waals surface area contributed by atoms with Gasteiger partial charge in [-0.1, -0.05) is 0 Å². The lowest BCUT2D eigenvalue weighted by Crippen LogP contribution is -2.39. The van der Waals surface area contributed by atoms with Gasteiger partial charge in [-0.05, 0) is 12.8 Å². The molecular formula is C10H14N4O3. The normalized spacial score (nSPS) is 20.2. The van der Waals surface area contributed by atoms with Crippen molar-refractivity contribution in [3.05, 3.63) is 16.4 Å². The summed E-state index contributed by atoms with van der Waals surface area (Å²) in [4.78, 5) is 30.3. The summed E-state index contributed by atoms with van der Waals surface area (Å²) in [5, 5.41) is 8.97. The van der Waals surface area contributed by atoms with Gasteiger partial charge in [0.15, 0.2) is 0 Å². The van der Waals surface area contributed by atoms with Crippen LogP contribution in [0.2, 0.25) is 0 Å². The largest absolute Gasteiger partial charge is 0.481 e. The smallest absolute Gasteiger partial charge is 0.308 e. The Balaban J connectivity index is 2.21. The van der Waals surface area contributed by atoms with E-state index in [1.54, 1.807) is 4.90 Å². The van der Waals surface area contributed by atoms with Crippen LogP contribution in [0.5, 0.6) is 0 Å². The fraction of sp³-hybridized carbons (Fsp3) is 0.500. The number of anilines is 2.